The van der Waals surface area contributed by atoms with Crippen molar-refractivity contribution in [3.05, 3.63) is 82.0 Å². The lowest BCUT2D eigenvalue weighted by atomic mass is 10.1. The first-order chi connectivity index (χ1) is 17.7. The van der Waals surface area contributed by atoms with Crippen molar-refractivity contribution < 1.29 is 14.4 Å². The van der Waals surface area contributed by atoms with E-state index in [4.69, 9.17) is 23.2 Å². The summed E-state index contributed by atoms with van der Waals surface area (Å²) in [7, 11) is 1.64. The van der Waals surface area contributed by atoms with Gasteiger partial charge in [0, 0.05) is 36.4 Å². The Bertz CT molecular complexity index is 1220. The van der Waals surface area contributed by atoms with Crippen molar-refractivity contribution in [3.63, 3.8) is 0 Å². The van der Waals surface area contributed by atoms with E-state index in [0.717, 1.165) is 0 Å². The zero-order valence-electron chi connectivity index (χ0n) is 20.7. The number of benzene rings is 2. The van der Waals surface area contributed by atoms with E-state index in [2.05, 4.69) is 20.9 Å². The predicted octanol–water partition coefficient (Wildman–Crippen LogP) is 5.64. The van der Waals surface area contributed by atoms with Crippen LogP contribution in [0.1, 0.15) is 46.9 Å². The number of halogens is 2. The summed E-state index contributed by atoms with van der Waals surface area (Å²) in [5.41, 5.74) is 1.48. The second-order valence-corrected chi connectivity index (χ2v) is 9.27. The number of hydrogen-bond acceptors (Lipinski definition) is 5. The van der Waals surface area contributed by atoms with Gasteiger partial charge in [0.05, 0.1) is 16.3 Å². The molecular weight excluding hydrogens is 513 g/mol. The van der Waals surface area contributed by atoms with Crippen molar-refractivity contribution in [1.82, 2.24) is 10.3 Å². The standard InChI is InChI=1S/C22H18Cl2N4O3.C5H11N/c1-13(29)28(2)17-7-3-14(4-8-17)21(30)26-19-9-5-15(23)11-18(19)22(31)27-20-10-6-16(24)12-25-20;1-2-4-6-5-3-1/h3-12H,1-2H3,(H,26,30)(H,25,27,31);6H,1-5H2. The summed E-state index contributed by atoms with van der Waals surface area (Å²) in [5, 5.41) is 9.42. The molecule has 3 amide bonds. The van der Waals surface area contributed by atoms with Crippen LogP contribution >= 0.6 is 23.2 Å². The van der Waals surface area contributed by atoms with Gasteiger partial charge in [0.2, 0.25) is 5.91 Å². The van der Waals surface area contributed by atoms with Crippen molar-refractivity contribution in [2.75, 3.05) is 35.7 Å². The number of nitrogens with one attached hydrogen (secondary N) is 3. The molecule has 0 radical (unpaired) electrons. The summed E-state index contributed by atoms with van der Waals surface area (Å²) in [6, 6.07) is 14.2. The molecule has 1 fully saturated rings. The number of aromatic nitrogens is 1. The maximum absolute atomic E-state index is 12.7. The van der Waals surface area contributed by atoms with E-state index in [9.17, 15) is 14.4 Å². The van der Waals surface area contributed by atoms with Gasteiger partial charge in [-0.3, -0.25) is 14.4 Å². The molecule has 0 spiro atoms. The highest BCUT2D eigenvalue weighted by atomic mass is 35.5. The molecular formula is C27H29Cl2N5O3. The molecule has 10 heteroatoms. The Kier molecular flexibility index (Phi) is 10.4. The molecule has 0 saturated carbocycles. The van der Waals surface area contributed by atoms with Crippen molar-refractivity contribution >= 4 is 58.1 Å². The second kappa shape index (κ2) is 13.7. The molecule has 0 unspecified atom stereocenters. The molecule has 194 valence electrons. The summed E-state index contributed by atoms with van der Waals surface area (Å²) in [4.78, 5) is 42.4. The minimum Gasteiger partial charge on any atom is -0.321 e. The summed E-state index contributed by atoms with van der Waals surface area (Å²) < 4.78 is 0. The lowest BCUT2D eigenvalue weighted by Gasteiger charge is -2.15. The van der Waals surface area contributed by atoms with Crippen LogP contribution in [-0.4, -0.2) is 42.8 Å². The smallest absolute Gasteiger partial charge is 0.258 e. The second-order valence-electron chi connectivity index (χ2n) is 8.40. The summed E-state index contributed by atoms with van der Waals surface area (Å²) in [6.45, 7) is 3.95. The molecule has 1 aromatic heterocycles. The Labute approximate surface area is 226 Å². The van der Waals surface area contributed by atoms with Crippen LogP contribution in [0.25, 0.3) is 0 Å². The van der Waals surface area contributed by atoms with Crippen LogP contribution < -0.4 is 20.9 Å². The minimum atomic E-state index is -0.494. The fourth-order valence-corrected chi connectivity index (χ4v) is 3.75. The summed E-state index contributed by atoms with van der Waals surface area (Å²) in [5.74, 6) is -0.731. The van der Waals surface area contributed by atoms with E-state index < -0.39 is 11.8 Å². The highest BCUT2D eigenvalue weighted by molar-refractivity contribution is 6.31. The summed E-state index contributed by atoms with van der Waals surface area (Å²) in [6.07, 6.45) is 5.62. The Morgan fingerprint density at radius 3 is 2.08 bits per heavy atom. The van der Waals surface area contributed by atoms with Crippen LogP contribution in [0.2, 0.25) is 10.0 Å². The van der Waals surface area contributed by atoms with Gasteiger partial charge in [0.15, 0.2) is 0 Å². The molecule has 1 aliphatic heterocycles. The van der Waals surface area contributed by atoms with E-state index >= 15 is 0 Å². The fraction of sp³-hybridized carbons (Fsp3) is 0.259. The molecule has 2 aromatic carbocycles. The van der Waals surface area contributed by atoms with Gasteiger partial charge < -0.3 is 20.9 Å². The van der Waals surface area contributed by atoms with Gasteiger partial charge in [0.1, 0.15) is 5.82 Å². The first kappa shape index (κ1) is 28.1. The van der Waals surface area contributed by atoms with Crippen LogP contribution in [0.3, 0.4) is 0 Å². The predicted molar refractivity (Wildman–Crippen MR) is 149 cm³/mol. The number of rotatable bonds is 5. The highest BCUT2D eigenvalue weighted by Crippen LogP contribution is 2.23. The third-order valence-corrected chi connectivity index (χ3v) is 6.10. The Morgan fingerprint density at radius 1 is 0.865 bits per heavy atom. The first-order valence-corrected chi connectivity index (χ1v) is 12.6. The van der Waals surface area contributed by atoms with Crippen LogP contribution in [0.4, 0.5) is 17.2 Å². The molecule has 0 bridgehead atoms. The minimum absolute atomic E-state index is 0.121. The van der Waals surface area contributed by atoms with Crippen molar-refractivity contribution in [2.45, 2.75) is 26.2 Å². The van der Waals surface area contributed by atoms with Gasteiger partial charge in [-0.2, -0.15) is 0 Å². The quantitative estimate of drug-likeness (QED) is 0.388. The van der Waals surface area contributed by atoms with E-state index in [1.54, 1.807) is 55.6 Å². The van der Waals surface area contributed by atoms with E-state index in [1.165, 1.54) is 56.4 Å². The van der Waals surface area contributed by atoms with E-state index in [-0.39, 0.29) is 17.2 Å². The lowest BCUT2D eigenvalue weighted by molar-refractivity contribution is -0.116. The maximum atomic E-state index is 12.7. The molecule has 37 heavy (non-hydrogen) atoms. The van der Waals surface area contributed by atoms with E-state index in [0.29, 0.717) is 27.1 Å². The number of pyridine rings is 1. The average molecular weight is 542 g/mol. The number of piperidine rings is 1. The Morgan fingerprint density at radius 2 is 1.54 bits per heavy atom. The topological polar surface area (TPSA) is 103 Å². The van der Waals surface area contributed by atoms with Crippen molar-refractivity contribution in [1.29, 1.82) is 0 Å². The average Bonchev–Trinajstić information content (AvgIpc) is 2.92. The van der Waals surface area contributed by atoms with Crippen molar-refractivity contribution in [2.24, 2.45) is 0 Å². The number of hydrogen-bond donors (Lipinski definition) is 3. The third kappa shape index (κ3) is 8.56. The Balaban J connectivity index is 0.000000555. The van der Waals surface area contributed by atoms with Gasteiger partial charge in [-0.1, -0.05) is 29.6 Å². The van der Waals surface area contributed by atoms with Crippen LogP contribution in [0, 0.1) is 0 Å². The number of nitrogens with zero attached hydrogens (tertiary/aromatic N) is 2. The highest BCUT2D eigenvalue weighted by Gasteiger charge is 2.16. The van der Waals surface area contributed by atoms with Crippen LogP contribution in [-0.2, 0) is 4.79 Å². The number of carbonyl (C=O) groups excluding carboxylic acids is 3. The van der Waals surface area contributed by atoms with Gasteiger partial charge in [0.25, 0.3) is 11.8 Å². The molecule has 0 aliphatic carbocycles. The van der Waals surface area contributed by atoms with Crippen LogP contribution in [0.5, 0.6) is 0 Å². The normalized spacial score (nSPS) is 12.5. The third-order valence-electron chi connectivity index (χ3n) is 5.64. The lowest BCUT2D eigenvalue weighted by Crippen LogP contribution is -2.23. The monoisotopic (exact) mass is 541 g/mol. The van der Waals surface area contributed by atoms with Crippen LogP contribution in [0.15, 0.2) is 60.8 Å². The SMILES string of the molecule is C1CCNCC1.CC(=O)N(C)c1ccc(C(=O)Nc2ccc(Cl)cc2C(=O)Nc2ccc(Cl)cn2)cc1. The number of anilines is 3. The van der Waals surface area contributed by atoms with E-state index in [1.807, 2.05) is 0 Å². The number of amides is 3. The molecule has 3 aromatic rings. The summed E-state index contributed by atoms with van der Waals surface area (Å²) >= 11 is 11.9. The van der Waals surface area contributed by atoms with Gasteiger partial charge >= 0.3 is 0 Å². The van der Waals surface area contributed by atoms with Gasteiger partial charge in [-0.05, 0) is 80.5 Å². The van der Waals surface area contributed by atoms with Crippen molar-refractivity contribution in [3.8, 4) is 0 Å². The molecule has 1 aliphatic rings. The molecule has 2 heterocycles. The largest absolute Gasteiger partial charge is 0.321 e. The molecule has 1 saturated heterocycles. The molecule has 4 rings (SSSR count). The zero-order valence-corrected chi connectivity index (χ0v) is 22.2. The fourth-order valence-electron chi connectivity index (χ4n) is 3.46. The number of carbonyl (C=O) groups is 3. The maximum Gasteiger partial charge on any atom is 0.258 e. The first-order valence-electron chi connectivity index (χ1n) is 11.8. The Hall–Kier alpha value is -3.46. The molecule has 0 atom stereocenters. The molecule has 3 N–H and O–H groups in total. The zero-order chi connectivity index (χ0) is 26.8. The molecule has 8 nitrogen and oxygen atoms in total. The van der Waals surface area contributed by atoms with Gasteiger partial charge in [-0.25, -0.2) is 4.98 Å². The van der Waals surface area contributed by atoms with Gasteiger partial charge in [-0.15, -0.1) is 0 Å².